The smallest absolute Gasteiger partial charge is 0.231 e. The van der Waals surface area contributed by atoms with Crippen LogP contribution in [-0.2, 0) is 7.05 Å². The van der Waals surface area contributed by atoms with Gasteiger partial charge in [0.1, 0.15) is 5.82 Å². The Morgan fingerprint density at radius 2 is 2.10 bits per heavy atom. The number of anilines is 1. The van der Waals surface area contributed by atoms with Gasteiger partial charge in [-0.05, 0) is 5.92 Å². The Kier molecular flexibility index (Phi) is 3.01. The van der Waals surface area contributed by atoms with E-state index in [0.717, 1.165) is 22.6 Å². The molecule has 2 N–H and O–H groups in total. The van der Waals surface area contributed by atoms with Gasteiger partial charge in [0.2, 0.25) is 6.79 Å². The Balaban J connectivity index is 2.29. The van der Waals surface area contributed by atoms with E-state index in [9.17, 15) is 0 Å². The predicted molar refractivity (Wildman–Crippen MR) is 78.3 cm³/mol. The van der Waals surface area contributed by atoms with Crippen molar-refractivity contribution in [3.05, 3.63) is 22.7 Å². The summed E-state index contributed by atoms with van der Waals surface area (Å²) in [5.41, 5.74) is 8.48. The molecule has 0 saturated carbocycles. The molecule has 0 spiro atoms. The molecule has 106 valence electrons. The number of rotatable bonds is 2. The summed E-state index contributed by atoms with van der Waals surface area (Å²) in [7, 11) is 1.80. The number of aryl methyl sites for hydroxylation is 1. The highest BCUT2D eigenvalue weighted by Crippen LogP contribution is 2.48. The molecule has 1 aromatic carbocycles. The second kappa shape index (κ2) is 4.59. The fourth-order valence-corrected chi connectivity index (χ4v) is 2.75. The Hall–Kier alpha value is -1.88. The first-order chi connectivity index (χ1) is 9.49. The van der Waals surface area contributed by atoms with Gasteiger partial charge in [-0.3, -0.25) is 4.68 Å². The van der Waals surface area contributed by atoms with E-state index in [1.165, 1.54) is 0 Å². The third-order valence-corrected chi connectivity index (χ3v) is 3.70. The van der Waals surface area contributed by atoms with E-state index in [-0.39, 0.29) is 12.7 Å². The molecule has 6 heteroatoms. The van der Waals surface area contributed by atoms with Gasteiger partial charge in [0, 0.05) is 30.3 Å². The van der Waals surface area contributed by atoms with Crippen molar-refractivity contribution >= 4 is 17.4 Å². The molecule has 0 atom stereocenters. The van der Waals surface area contributed by atoms with E-state index < -0.39 is 0 Å². The maximum absolute atomic E-state index is 6.43. The maximum atomic E-state index is 6.43. The summed E-state index contributed by atoms with van der Waals surface area (Å²) in [6, 6.07) is 3.59. The second-order valence-corrected chi connectivity index (χ2v) is 5.52. The summed E-state index contributed by atoms with van der Waals surface area (Å²) in [5, 5.41) is 5.01. The van der Waals surface area contributed by atoms with Gasteiger partial charge in [0.15, 0.2) is 11.5 Å². The molecule has 0 amide bonds. The number of ether oxygens (including phenoxy) is 2. The van der Waals surface area contributed by atoms with Crippen LogP contribution < -0.4 is 15.2 Å². The van der Waals surface area contributed by atoms with Crippen LogP contribution in [0.4, 0.5) is 5.82 Å². The van der Waals surface area contributed by atoms with Gasteiger partial charge in [-0.2, -0.15) is 5.10 Å². The van der Waals surface area contributed by atoms with Crippen LogP contribution in [0.15, 0.2) is 12.1 Å². The molecule has 2 heterocycles. The summed E-state index contributed by atoms with van der Waals surface area (Å²) >= 11 is 6.43. The first-order valence-corrected chi connectivity index (χ1v) is 6.78. The average Bonchev–Trinajstić information content (AvgIpc) is 2.94. The number of halogens is 1. The van der Waals surface area contributed by atoms with E-state index in [1.807, 2.05) is 6.07 Å². The fraction of sp³-hybridized carbons (Fsp3) is 0.357. The molecule has 1 aliphatic rings. The van der Waals surface area contributed by atoms with Gasteiger partial charge in [-0.1, -0.05) is 25.4 Å². The predicted octanol–water partition coefficient (Wildman–Crippen LogP) is 3.17. The largest absolute Gasteiger partial charge is 0.454 e. The Bertz CT molecular complexity index is 660. The molecule has 0 aliphatic carbocycles. The van der Waals surface area contributed by atoms with Crippen molar-refractivity contribution in [2.75, 3.05) is 12.5 Å². The number of nitrogens with two attached hydrogens (primary N) is 1. The molecule has 0 fully saturated rings. The van der Waals surface area contributed by atoms with Crippen LogP contribution in [-0.4, -0.2) is 16.6 Å². The fourth-order valence-electron chi connectivity index (χ4n) is 2.45. The highest BCUT2D eigenvalue weighted by molar-refractivity contribution is 6.33. The zero-order valence-corrected chi connectivity index (χ0v) is 12.4. The van der Waals surface area contributed by atoms with Crippen molar-refractivity contribution in [2.45, 2.75) is 19.8 Å². The van der Waals surface area contributed by atoms with Gasteiger partial charge in [-0.15, -0.1) is 0 Å². The summed E-state index contributed by atoms with van der Waals surface area (Å²) < 4.78 is 12.7. The zero-order chi connectivity index (χ0) is 14.4. The van der Waals surface area contributed by atoms with Crippen LogP contribution in [0.1, 0.15) is 25.3 Å². The van der Waals surface area contributed by atoms with Gasteiger partial charge in [-0.25, -0.2) is 0 Å². The molecular weight excluding hydrogens is 278 g/mol. The third-order valence-electron chi connectivity index (χ3n) is 3.40. The summed E-state index contributed by atoms with van der Waals surface area (Å²) in [5.74, 6) is 2.25. The monoisotopic (exact) mass is 293 g/mol. The molecule has 0 saturated heterocycles. The first kappa shape index (κ1) is 13.1. The Labute approximate surface area is 122 Å². The lowest BCUT2D eigenvalue weighted by molar-refractivity contribution is 0.173. The van der Waals surface area contributed by atoms with E-state index in [2.05, 4.69) is 18.9 Å². The van der Waals surface area contributed by atoms with Gasteiger partial charge in [0.25, 0.3) is 0 Å². The molecule has 0 bridgehead atoms. The number of fused-ring (bicyclic) bond motifs is 1. The SMILES string of the molecule is CC(C)c1c2c(cc(Cl)c1-c1cc(N)n(C)n1)OCO2. The summed E-state index contributed by atoms with van der Waals surface area (Å²) in [6.45, 7) is 4.39. The van der Waals surface area contributed by atoms with Crippen LogP contribution in [0.25, 0.3) is 11.3 Å². The number of nitrogens with zero attached hydrogens (tertiary/aromatic N) is 2. The molecular formula is C14H16ClN3O2. The van der Waals surface area contributed by atoms with Crippen molar-refractivity contribution in [1.82, 2.24) is 9.78 Å². The van der Waals surface area contributed by atoms with Crippen molar-refractivity contribution in [3.63, 3.8) is 0 Å². The van der Waals surface area contributed by atoms with Crippen molar-refractivity contribution in [3.8, 4) is 22.8 Å². The number of hydrogen-bond donors (Lipinski definition) is 1. The molecule has 3 rings (SSSR count). The Morgan fingerprint density at radius 1 is 1.35 bits per heavy atom. The van der Waals surface area contributed by atoms with Crippen molar-refractivity contribution in [2.24, 2.45) is 7.05 Å². The normalized spacial score (nSPS) is 13.2. The Morgan fingerprint density at radius 3 is 2.70 bits per heavy atom. The number of nitrogen functional groups attached to an aromatic ring is 1. The molecule has 0 radical (unpaired) electrons. The van der Waals surface area contributed by atoms with Crippen LogP contribution in [0, 0.1) is 0 Å². The highest BCUT2D eigenvalue weighted by Gasteiger charge is 2.27. The molecule has 20 heavy (non-hydrogen) atoms. The highest BCUT2D eigenvalue weighted by atomic mass is 35.5. The molecule has 2 aromatic rings. The third kappa shape index (κ3) is 1.89. The van der Waals surface area contributed by atoms with Crippen LogP contribution in [0.5, 0.6) is 11.5 Å². The topological polar surface area (TPSA) is 62.3 Å². The maximum Gasteiger partial charge on any atom is 0.231 e. The first-order valence-electron chi connectivity index (χ1n) is 6.41. The summed E-state index contributed by atoms with van der Waals surface area (Å²) in [4.78, 5) is 0. The number of benzene rings is 1. The summed E-state index contributed by atoms with van der Waals surface area (Å²) in [6.07, 6.45) is 0. The minimum absolute atomic E-state index is 0.221. The zero-order valence-electron chi connectivity index (χ0n) is 11.6. The van der Waals surface area contributed by atoms with Crippen molar-refractivity contribution in [1.29, 1.82) is 0 Å². The van der Waals surface area contributed by atoms with Gasteiger partial charge in [0.05, 0.1) is 10.7 Å². The lowest BCUT2D eigenvalue weighted by Crippen LogP contribution is -1.99. The van der Waals surface area contributed by atoms with Crippen LogP contribution >= 0.6 is 11.6 Å². The molecule has 0 unspecified atom stereocenters. The van der Waals surface area contributed by atoms with E-state index in [4.69, 9.17) is 26.8 Å². The van der Waals surface area contributed by atoms with Gasteiger partial charge < -0.3 is 15.2 Å². The lowest BCUT2D eigenvalue weighted by Gasteiger charge is -2.15. The van der Waals surface area contributed by atoms with E-state index in [0.29, 0.717) is 16.6 Å². The van der Waals surface area contributed by atoms with Crippen LogP contribution in [0.3, 0.4) is 0 Å². The van der Waals surface area contributed by atoms with Crippen molar-refractivity contribution < 1.29 is 9.47 Å². The standard InChI is InChI=1S/C14H16ClN3O2/c1-7(2)12-13(9-5-11(16)18(3)17-9)8(15)4-10-14(12)20-6-19-10/h4-5,7H,6,16H2,1-3H3. The second-order valence-electron chi connectivity index (χ2n) is 5.11. The minimum Gasteiger partial charge on any atom is -0.454 e. The average molecular weight is 294 g/mol. The minimum atomic E-state index is 0.221. The molecule has 5 nitrogen and oxygen atoms in total. The lowest BCUT2D eigenvalue weighted by atomic mass is 9.93. The number of aromatic nitrogens is 2. The number of hydrogen-bond acceptors (Lipinski definition) is 4. The van der Waals surface area contributed by atoms with Crippen LogP contribution in [0.2, 0.25) is 5.02 Å². The van der Waals surface area contributed by atoms with Gasteiger partial charge >= 0.3 is 0 Å². The van der Waals surface area contributed by atoms with E-state index >= 15 is 0 Å². The van der Waals surface area contributed by atoms with E-state index in [1.54, 1.807) is 17.8 Å². The molecule has 1 aliphatic heterocycles. The molecule has 1 aromatic heterocycles. The quantitative estimate of drug-likeness (QED) is 0.924.